The molecule has 0 heterocycles. The molecule has 0 saturated carbocycles. The van der Waals surface area contributed by atoms with Crippen molar-refractivity contribution in [2.75, 3.05) is 13.7 Å². The molecule has 0 aliphatic heterocycles. The van der Waals surface area contributed by atoms with Gasteiger partial charge in [0.2, 0.25) is 0 Å². The number of hydrogen-bond acceptors (Lipinski definition) is 5. The van der Waals surface area contributed by atoms with Gasteiger partial charge >= 0.3 is 5.97 Å². The molecule has 17 heavy (non-hydrogen) atoms. The van der Waals surface area contributed by atoms with Crippen molar-refractivity contribution in [3.8, 4) is 17.2 Å². The van der Waals surface area contributed by atoms with Crippen LogP contribution in [0.3, 0.4) is 0 Å². The Bertz CT molecular complexity index is 400. The number of ether oxygens (including phenoxy) is 2. The third kappa shape index (κ3) is 3.55. The minimum Gasteiger partial charge on any atom is -0.508 e. The number of esters is 1. The zero-order valence-corrected chi connectivity index (χ0v) is 9.90. The lowest BCUT2D eigenvalue weighted by atomic mass is 10.1. The quantitative estimate of drug-likeness (QED) is 0.764. The summed E-state index contributed by atoms with van der Waals surface area (Å²) in [5, 5.41) is 19.0. The van der Waals surface area contributed by atoms with E-state index < -0.39 is 0 Å². The normalized spacial score (nSPS) is 10.0. The molecule has 0 spiro atoms. The van der Waals surface area contributed by atoms with Gasteiger partial charge in [0.25, 0.3) is 0 Å². The van der Waals surface area contributed by atoms with Crippen molar-refractivity contribution < 1.29 is 24.5 Å². The number of rotatable bonds is 5. The summed E-state index contributed by atoms with van der Waals surface area (Å²) >= 11 is 0. The Balaban J connectivity index is 2.74. The number of benzene rings is 1. The van der Waals surface area contributed by atoms with Crippen LogP contribution in [-0.2, 0) is 16.0 Å². The first-order valence-corrected chi connectivity index (χ1v) is 5.33. The summed E-state index contributed by atoms with van der Waals surface area (Å²) in [5.41, 5.74) is 0.535. The number of hydrogen-bond donors (Lipinski definition) is 2. The van der Waals surface area contributed by atoms with Crippen LogP contribution in [0.4, 0.5) is 0 Å². The van der Waals surface area contributed by atoms with E-state index in [1.807, 2.05) is 0 Å². The fraction of sp³-hybridized carbons (Fsp3) is 0.417. The minimum atomic E-state index is -0.320. The molecule has 0 fully saturated rings. The average Bonchev–Trinajstić information content (AvgIpc) is 2.28. The second-order valence-electron chi connectivity index (χ2n) is 3.46. The summed E-state index contributed by atoms with van der Waals surface area (Å²) in [4.78, 5) is 11.2. The van der Waals surface area contributed by atoms with Crippen LogP contribution in [0.25, 0.3) is 0 Å². The van der Waals surface area contributed by atoms with Crippen LogP contribution in [0.2, 0.25) is 0 Å². The van der Waals surface area contributed by atoms with Crippen molar-refractivity contribution >= 4 is 5.97 Å². The Morgan fingerprint density at radius 3 is 2.59 bits per heavy atom. The van der Waals surface area contributed by atoms with Crippen LogP contribution >= 0.6 is 0 Å². The standard InChI is InChI=1S/C12H16O5/c1-3-17-12(15)5-4-8-6-11(16-2)10(14)7-9(8)13/h6-7,13-14H,3-5H2,1-2H3. The van der Waals surface area contributed by atoms with Crippen LogP contribution in [0.5, 0.6) is 17.2 Å². The first kappa shape index (κ1) is 13.2. The molecule has 0 atom stereocenters. The highest BCUT2D eigenvalue weighted by molar-refractivity contribution is 5.70. The molecule has 5 nitrogen and oxygen atoms in total. The van der Waals surface area contributed by atoms with E-state index in [-0.39, 0.29) is 29.6 Å². The number of phenols is 2. The molecule has 0 aliphatic carbocycles. The highest BCUT2D eigenvalue weighted by atomic mass is 16.5. The van der Waals surface area contributed by atoms with E-state index in [0.29, 0.717) is 18.6 Å². The van der Waals surface area contributed by atoms with Crippen LogP contribution in [0, 0.1) is 0 Å². The van der Waals surface area contributed by atoms with E-state index >= 15 is 0 Å². The summed E-state index contributed by atoms with van der Waals surface area (Å²) in [6, 6.07) is 2.70. The van der Waals surface area contributed by atoms with E-state index in [4.69, 9.17) is 9.47 Å². The molecule has 0 saturated heterocycles. The van der Waals surface area contributed by atoms with E-state index in [9.17, 15) is 15.0 Å². The number of methoxy groups -OCH3 is 1. The van der Waals surface area contributed by atoms with Crippen molar-refractivity contribution in [1.29, 1.82) is 0 Å². The van der Waals surface area contributed by atoms with Gasteiger partial charge in [-0.3, -0.25) is 4.79 Å². The first-order valence-electron chi connectivity index (χ1n) is 5.33. The topological polar surface area (TPSA) is 76.0 Å². The molecule has 1 aromatic carbocycles. The van der Waals surface area contributed by atoms with E-state index in [0.717, 1.165) is 0 Å². The Hall–Kier alpha value is -1.91. The van der Waals surface area contributed by atoms with Crippen molar-refractivity contribution in [1.82, 2.24) is 0 Å². The predicted molar refractivity (Wildman–Crippen MR) is 61.3 cm³/mol. The first-order chi connectivity index (χ1) is 8.08. The Morgan fingerprint density at radius 2 is 2.00 bits per heavy atom. The number of carbonyl (C=O) groups is 1. The third-order valence-corrected chi connectivity index (χ3v) is 2.28. The summed E-state index contributed by atoms with van der Waals surface area (Å²) in [6.45, 7) is 2.07. The van der Waals surface area contributed by atoms with Crippen molar-refractivity contribution in [3.05, 3.63) is 17.7 Å². The van der Waals surface area contributed by atoms with Gasteiger partial charge in [-0.15, -0.1) is 0 Å². The highest BCUT2D eigenvalue weighted by Gasteiger charge is 2.11. The molecule has 1 rings (SSSR count). The fourth-order valence-electron chi connectivity index (χ4n) is 1.43. The van der Waals surface area contributed by atoms with Gasteiger partial charge in [-0.25, -0.2) is 0 Å². The summed E-state index contributed by atoms with van der Waals surface area (Å²) in [6.07, 6.45) is 0.511. The zero-order valence-electron chi connectivity index (χ0n) is 9.90. The van der Waals surface area contributed by atoms with Gasteiger partial charge in [0.05, 0.1) is 13.7 Å². The van der Waals surface area contributed by atoms with E-state index in [1.54, 1.807) is 6.92 Å². The van der Waals surface area contributed by atoms with Crippen LogP contribution in [0.15, 0.2) is 12.1 Å². The number of carbonyl (C=O) groups excluding carboxylic acids is 1. The second-order valence-corrected chi connectivity index (χ2v) is 3.46. The molecular formula is C12H16O5. The van der Waals surface area contributed by atoms with Gasteiger partial charge in [-0.1, -0.05) is 0 Å². The Labute approximate surface area is 99.6 Å². The molecular weight excluding hydrogens is 224 g/mol. The summed E-state index contributed by atoms with van der Waals surface area (Å²) in [7, 11) is 1.42. The second kappa shape index (κ2) is 5.98. The average molecular weight is 240 g/mol. The lowest BCUT2D eigenvalue weighted by molar-refractivity contribution is -0.143. The smallest absolute Gasteiger partial charge is 0.306 e. The highest BCUT2D eigenvalue weighted by Crippen LogP contribution is 2.33. The van der Waals surface area contributed by atoms with Crippen molar-refractivity contribution in [3.63, 3.8) is 0 Å². The van der Waals surface area contributed by atoms with Crippen LogP contribution in [0.1, 0.15) is 18.9 Å². The van der Waals surface area contributed by atoms with Gasteiger partial charge in [0.1, 0.15) is 5.75 Å². The molecule has 0 radical (unpaired) electrons. The number of aryl methyl sites for hydroxylation is 1. The minimum absolute atomic E-state index is 0.0624. The molecule has 0 unspecified atom stereocenters. The molecule has 2 N–H and O–H groups in total. The molecule has 5 heteroatoms. The molecule has 0 amide bonds. The number of aromatic hydroxyl groups is 2. The largest absolute Gasteiger partial charge is 0.508 e. The fourth-order valence-corrected chi connectivity index (χ4v) is 1.43. The Kier molecular flexibility index (Phi) is 4.63. The summed E-state index contributed by atoms with van der Waals surface area (Å²) < 4.78 is 9.70. The lowest BCUT2D eigenvalue weighted by Crippen LogP contribution is -2.05. The monoisotopic (exact) mass is 240 g/mol. The van der Waals surface area contributed by atoms with Gasteiger partial charge < -0.3 is 19.7 Å². The summed E-state index contributed by atoms with van der Waals surface area (Å²) in [5.74, 6) is -0.252. The maximum atomic E-state index is 11.2. The van der Waals surface area contributed by atoms with Gasteiger partial charge in [0.15, 0.2) is 11.5 Å². The van der Waals surface area contributed by atoms with Gasteiger partial charge in [-0.2, -0.15) is 0 Å². The van der Waals surface area contributed by atoms with Crippen molar-refractivity contribution in [2.24, 2.45) is 0 Å². The molecule has 0 aliphatic rings. The predicted octanol–water partition coefficient (Wildman–Crippen LogP) is 1.60. The maximum Gasteiger partial charge on any atom is 0.306 e. The van der Waals surface area contributed by atoms with E-state index in [2.05, 4.69) is 0 Å². The van der Waals surface area contributed by atoms with Gasteiger partial charge in [-0.05, 0) is 25.0 Å². The number of phenolic OH excluding ortho intramolecular Hbond substituents is 2. The van der Waals surface area contributed by atoms with E-state index in [1.165, 1.54) is 19.2 Å². The van der Waals surface area contributed by atoms with Crippen LogP contribution in [-0.4, -0.2) is 29.9 Å². The van der Waals surface area contributed by atoms with Crippen molar-refractivity contribution in [2.45, 2.75) is 19.8 Å². The van der Waals surface area contributed by atoms with Crippen LogP contribution < -0.4 is 4.74 Å². The third-order valence-electron chi connectivity index (χ3n) is 2.28. The maximum absolute atomic E-state index is 11.2. The SMILES string of the molecule is CCOC(=O)CCc1cc(OC)c(O)cc1O. The molecule has 0 aromatic heterocycles. The zero-order chi connectivity index (χ0) is 12.8. The molecule has 0 bridgehead atoms. The Morgan fingerprint density at radius 1 is 1.29 bits per heavy atom. The van der Waals surface area contributed by atoms with Gasteiger partial charge in [0, 0.05) is 12.5 Å². The molecule has 94 valence electrons. The lowest BCUT2D eigenvalue weighted by Gasteiger charge is -2.09. The molecule has 1 aromatic rings.